The van der Waals surface area contributed by atoms with Crippen LogP contribution in [0, 0.1) is 6.92 Å². The first-order valence-electron chi connectivity index (χ1n) is 7.49. The van der Waals surface area contributed by atoms with Gasteiger partial charge in [-0.05, 0) is 38.5 Å². The van der Waals surface area contributed by atoms with E-state index in [0.29, 0.717) is 19.0 Å². The summed E-state index contributed by atoms with van der Waals surface area (Å²) in [4.78, 5) is 4.39. The maximum atomic E-state index is 12.9. The number of aryl methyl sites for hydroxylation is 1. The molecule has 1 fully saturated rings. The summed E-state index contributed by atoms with van der Waals surface area (Å²) in [5.74, 6) is 0.592. The number of pyridine rings is 1. The van der Waals surface area contributed by atoms with Crippen molar-refractivity contribution in [2.75, 3.05) is 13.2 Å². The van der Waals surface area contributed by atoms with Crippen LogP contribution in [0.1, 0.15) is 19.4 Å². The van der Waals surface area contributed by atoms with Crippen molar-refractivity contribution in [2.24, 2.45) is 0 Å². The Bertz CT molecular complexity index is 803. The molecule has 124 valence electrons. The quantitative estimate of drug-likeness (QED) is 0.846. The summed E-state index contributed by atoms with van der Waals surface area (Å²) in [5.41, 5.74) is 1.03. The molecule has 2 aromatic rings. The lowest BCUT2D eigenvalue weighted by atomic mass is 10.2. The average molecular weight is 336 g/mol. The van der Waals surface area contributed by atoms with Crippen LogP contribution in [0.4, 0.5) is 0 Å². The zero-order valence-electron chi connectivity index (χ0n) is 13.4. The van der Waals surface area contributed by atoms with Gasteiger partial charge in [0.2, 0.25) is 10.0 Å². The van der Waals surface area contributed by atoms with Gasteiger partial charge in [0.1, 0.15) is 4.90 Å². The van der Waals surface area contributed by atoms with E-state index in [1.807, 2.05) is 32.9 Å². The lowest BCUT2D eigenvalue weighted by molar-refractivity contribution is -0.0170. The molecule has 0 radical (unpaired) electrons. The molecular weight excluding hydrogens is 316 g/mol. The SMILES string of the molecule is Cc1ccnc(-n2cc(S(=O)(=O)N3C[C@H](C)OC[C@@H]3C)cn2)c1. The fraction of sp³-hybridized carbons (Fsp3) is 0.467. The summed E-state index contributed by atoms with van der Waals surface area (Å²) in [6.45, 7) is 6.40. The molecule has 0 unspecified atom stereocenters. The van der Waals surface area contributed by atoms with E-state index < -0.39 is 10.0 Å². The van der Waals surface area contributed by atoms with Gasteiger partial charge >= 0.3 is 0 Å². The van der Waals surface area contributed by atoms with Gasteiger partial charge in [-0.25, -0.2) is 18.1 Å². The fourth-order valence-electron chi connectivity index (χ4n) is 2.55. The Morgan fingerprint density at radius 1 is 1.35 bits per heavy atom. The van der Waals surface area contributed by atoms with Gasteiger partial charge in [-0.3, -0.25) is 0 Å². The molecule has 0 amide bonds. The van der Waals surface area contributed by atoms with Crippen molar-refractivity contribution in [3.63, 3.8) is 0 Å². The lowest BCUT2D eigenvalue weighted by Crippen LogP contribution is -2.49. The van der Waals surface area contributed by atoms with Gasteiger partial charge in [-0.1, -0.05) is 0 Å². The van der Waals surface area contributed by atoms with Crippen LogP contribution in [0.15, 0.2) is 35.6 Å². The summed E-state index contributed by atoms with van der Waals surface area (Å²) < 4.78 is 34.2. The third-order valence-electron chi connectivity index (χ3n) is 3.85. The Labute approximate surface area is 135 Å². The Morgan fingerprint density at radius 3 is 2.87 bits per heavy atom. The first kappa shape index (κ1) is 16.1. The first-order chi connectivity index (χ1) is 10.9. The number of morpholine rings is 1. The van der Waals surface area contributed by atoms with Gasteiger partial charge < -0.3 is 4.74 Å². The summed E-state index contributed by atoms with van der Waals surface area (Å²) in [6, 6.07) is 3.53. The average Bonchev–Trinajstić information content (AvgIpc) is 3.00. The summed E-state index contributed by atoms with van der Waals surface area (Å²) in [7, 11) is -3.60. The van der Waals surface area contributed by atoms with Crippen LogP contribution in [0.2, 0.25) is 0 Å². The lowest BCUT2D eigenvalue weighted by Gasteiger charge is -2.35. The molecule has 0 aromatic carbocycles. The molecule has 1 saturated heterocycles. The predicted molar refractivity (Wildman–Crippen MR) is 84.9 cm³/mol. The Kier molecular flexibility index (Phi) is 4.22. The van der Waals surface area contributed by atoms with Crippen LogP contribution in [0.3, 0.4) is 0 Å². The van der Waals surface area contributed by atoms with Crippen molar-refractivity contribution in [3.05, 3.63) is 36.3 Å². The molecule has 8 heteroatoms. The Balaban J connectivity index is 1.92. The maximum Gasteiger partial charge on any atom is 0.246 e. The van der Waals surface area contributed by atoms with E-state index in [1.54, 1.807) is 6.20 Å². The number of aromatic nitrogens is 3. The number of hydrogen-bond acceptors (Lipinski definition) is 5. The van der Waals surface area contributed by atoms with Gasteiger partial charge in [-0.2, -0.15) is 9.40 Å². The van der Waals surface area contributed by atoms with Crippen LogP contribution in [-0.4, -0.2) is 52.8 Å². The minimum Gasteiger partial charge on any atom is -0.375 e. The second kappa shape index (κ2) is 6.03. The van der Waals surface area contributed by atoms with Crippen molar-refractivity contribution in [1.82, 2.24) is 19.1 Å². The topological polar surface area (TPSA) is 77.3 Å². The third kappa shape index (κ3) is 3.15. The highest BCUT2D eigenvalue weighted by Crippen LogP contribution is 2.22. The molecule has 0 N–H and O–H groups in total. The molecule has 0 spiro atoms. The zero-order valence-corrected chi connectivity index (χ0v) is 14.2. The molecule has 2 atom stereocenters. The molecule has 1 aliphatic rings. The fourth-order valence-corrected chi connectivity index (χ4v) is 4.18. The molecule has 1 aliphatic heterocycles. The van der Waals surface area contributed by atoms with Gasteiger partial charge in [0.05, 0.1) is 25.1 Å². The number of nitrogens with zero attached hydrogens (tertiary/aromatic N) is 4. The summed E-state index contributed by atoms with van der Waals surface area (Å²) in [5, 5.41) is 4.15. The normalized spacial score (nSPS) is 23.1. The van der Waals surface area contributed by atoms with Crippen molar-refractivity contribution in [1.29, 1.82) is 0 Å². The standard InChI is InChI=1S/C15H20N4O3S/c1-11-4-5-16-15(6-11)18-9-14(7-17-18)23(20,21)19-8-13(3)22-10-12(19)2/h4-7,9,12-13H,8,10H2,1-3H3/t12-,13-/m0/s1. The van der Waals surface area contributed by atoms with E-state index in [-0.39, 0.29) is 17.0 Å². The Hall–Kier alpha value is -1.77. The Morgan fingerprint density at radius 2 is 2.13 bits per heavy atom. The highest BCUT2D eigenvalue weighted by Gasteiger charge is 2.35. The highest BCUT2D eigenvalue weighted by molar-refractivity contribution is 7.89. The molecule has 3 rings (SSSR count). The molecule has 0 saturated carbocycles. The van der Waals surface area contributed by atoms with E-state index in [2.05, 4.69) is 10.1 Å². The largest absolute Gasteiger partial charge is 0.375 e. The number of ether oxygens (including phenoxy) is 1. The third-order valence-corrected chi connectivity index (χ3v) is 5.78. The van der Waals surface area contributed by atoms with Crippen LogP contribution in [-0.2, 0) is 14.8 Å². The second-order valence-electron chi connectivity index (χ2n) is 5.88. The first-order valence-corrected chi connectivity index (χ1v) is 8.93. The van der Waals surface area contributed by atoms with Gasteiger partial charge in [-0.15, -0.1) is 0 Å². The monoisotopic (exact) mass is 336 g/mol. The number of rotatable bonds is 3. The van der Waals surface area contributed by atoms with E-state index in [4.69, 9.17) is 4.74 Å². The van der Waals surface area contributed by atoms with Crippen LogP contribution in [0.5, 0.6) is 0 Å². The second-order valence-corrected chi connectivity index (χ2v) is 7.77. The van der Waals surface area contributed by atoms with Crippen molar-refractivity contribution >= 4 is 10.0 Å². The van der Waals surface area contributed by atoms with Crippen molar-refractivity contribution in [2.45, 2.75) is 37.8 Å². The highest BCUT2D eigenvalue weighted by atomic mass is 32.2. The van der Waals surface area contributed by atoms with Crippen molar-refractivity contribution < 1.29 is 13.2 Å². The number of hydrogen-bond donors (Lipinski definition) is 0. The smallest absolute Gasteiger partial charge is 0.246 e. The molecule has 3 heterocycles. The molecular formula is C15H20N4O3S. The zero-order chi connectivity index (χ0) is 16.6. The summed E-state index contributed by atoms with van der Waals surface area (Å²) in [6.07, 6.45) is 4.43. The van der Waals surface area contributed by atoms with E-state index in [9.17, 15) is 8.42 Å². The summed E-state index contributed by atoms with van der Waals surface area (Å²) >= 11 is 0. The molecule has 0 aliphatic carbocycles. The van der Waals surface area contributed by atoms with Gasteiger partial charge in [0, 0.05) is 18.8 Å². The number of sulfonamides is 1. The molecule has 23 heavy (non-hydrogen) atoms. The van der Waals surface area contributed by atoms with Gasteiger partial charge in [0.25, 0.3) is 0 Å². The van der Waals surface area contributed by atoms with E-state index >= 15 is 0 Å². The van der Waals surface area contributed by atoms with Gasteiger partial charge in [0.15, 0.2) is 5.82 Å². The van der Waals surface area contributed by atoms with Crippen LogP contribution >= 0.6 is 0 Å². The van der Waals surface area contributed by atoms with E-state index in [1.165, 1.54) is 21.4 Å². The van der Waals surface area contributed by atoms with Crippen LogP contribution < -0.4 is 0 Å². The maximum absolute atomic E-state index is 12.9. The van der Waals surface area contributed by atoms with Crippen molar-refractivity contribution in [3.8, 4) is 5.82 Å². The molecule has 2 aromatic heterocycles. The molecule has 0 bridgehead atoms. The minimum absolute atomic E-state index is 0.116. The molecule has 7 nitrogen and oxygen atoms in total. The van der Waals surface area contributed by atoms with Crippen LogP contribution in [0.25, 0.3) is 5.82 Å². The minimum atomic E-state index is -3.60. The predicted octanol–water partition coefficient (Wildman–Crippen LogP) is 1.37. The van der Waals surface area contributed by atoms with E-state index in [0.717, 1.165) is 5.56 Å².